The number of hydrogen-bond donors (Lipinski definition) is 2. The molecule has 2 rings (SSSR count). The number of aliphatic hydroxyl groups excluding tert-OH is 1. The molecule has 1 fully saturated rings. The topological polar surface area (TPSA) is 94.9 Å². The lowest BCUT2D eigenvalue weighted by atomic mass is 10.1. The predicted octanol–water partition coefficient (Wildman–Crippen LogP) is 1.29. The van der Waals surface area contributed by atoms with Crippen molar-refractivity contribution in [2.45, 2.75) is 11.3 Å². The number of hydrogen-bond acceptors (Lipinski definition) is 4. The Labute approximate surface area is 129 Å². The number of rotatable bonds is 4. The molecule has 0 aromatic heterocycles. The highest BCUT2D eigenvalue weighted by Gasteiger charge is 2.35. The number of carboxylic acid groups (broad SMARTS) is 1. The maximum Gasteiger partial charge on any atom is 0.338 e. The molecule has 0 radical (unpaired) electrons. The monoisotopic (exact) mass is 381 g/mol. The molecule has 0 amide bonds. The second-order valence-electron chi connectivity index (χ2n) is 4.77. The van der Waals surface area contributed by atoms with Crippen molar-refractivity contribution in [3.8, 4) is 0 Å². The van der Waals surface area contributed by atoms with Gasteiger partial charge in [0.2, 0.25) is 10.0 Å². The fraction of sp³-hybridized carbons (Fsp3) is 0.417. The molecular weight excluding hydrogens is 369 g/mol. The number of sulfonamides is 1. The van der Waals surface area contributed by atoms with Gasteiger partial charge in [0.05, 0.1) is 5.56 Å². The fourth-order valence-corrected chi connectivity index (χ4v) is 4.46. The van der Waals surface area contributed by atoms with Crippen molar-refractivity contribution in [2.75, 3.05) is 19.7 Å². The van der Waals surface area contributed by atoms with Gasteiger partial charge in [-0.3, -0.25) is 0 Å². The lowest BCUT2D eigenvalue weighted by molar-refractivity contribution is 0.0691. The van der Waals surface area contributed by atoms with Crippen LogP contribution in [0, 0.1) is 11.7 Å². The molecule has 1 atom stereocenters. The number of carbonyl (C=O) groups is 1. The third-order valence-corrected chi connectivity index (χ3v) is 5.68. The molecule has 9 heteroatoms. The van der Waals surface area contributed by atoms with Gasteiger partial charge in [0.15, 0.2) is 5.82 Å². The summed E-state index contributed by atoms with van der Waals surface area (Å²) in [7, 11) is -4.14. The van der Waals surface area contributed by atoms with Gasteiger partial charge in [-0.25, -0.2) is 17.6 Å². The van der Waals surface area contributed by atoms with Crippen LogP contribution in [-0.4, -0.2) is 48.6 Å². The summed E-state index contributed by atoms with van der Waals surface area (Å²) in [5.74, 6) is -3.01. The summed E-state index contributed by atoms with van der Waals surface area (Å²) in [5, 5.41) is 18.0. The molecule has 0 saturated carbocycles. The molecule has 21 heavy (non-hydrogen) atoms. The summed E-state index contributed by atoms with van der Waals surface area (Å²) < 4.78 is 40.3. The molecule has 1 aliphatic rings. The van der Waals surface area contributed by atoms with E-state index in [4.69, 9.17) is 10.2 Å². The second kappa shape index (κ2) is 5.99. The van der Waals surface area contributed by atoms with Crippen molar-refractivity contribution < 1.29 is 27.8 Å². The zero-order chi connectivity index (χ0) is 15.8. The molecule has 116 valence electrons. The minimum absolute atomic E-state index is 0.0905. The fourth-order valence-electron chi connectivity index (χ4n) is 2.21. The zero-order valence-electron chi connectivity index (χ0n) is 10.8. The summed E-state index contributed by atoms with van der Waals surface area (Å²) in [6, 6.07) is 2.06. The van der Waals surface area contributed by atoms with Crippen molar-refractivity contribution in [2.24, 2.45) is 5.92 Å². The van der Waals surface area contributed by atoms with E-state index in [1.165, 1.54) is 0 Å². The number of halogens is 2. The largest absolute Gasteiger partial charge is 0.478 e. The number of nitrogens with zero attached hydrogens (tertiary/aromatic N) is 1. The standard InChI is InChI=1S/C12H13BrFNO5S/c13-8-3-9(12(17)18)11(14)10(4-8)21(19,20)15-2-1-7(5-15)6-16/h3-4,7,16H,1-2,5-6H2,(H,17,18). The molecule has 0 bridgehead atoms. The van der Waals surface area contributed by atoms with E-state index in [0.717, 1.165) is 16.4 Å². The second-order valence-corrected chi connectivity index (χ2v) is 7.59. The molecule has 2 N–H and O–H groups in total. The lowest BCUT2D eigenvalue weighted by Gasteiger charge is -2.17. The Balaban J connectivity index is 2.48. The summed E-state index contributed by atoms with van der Waals surface area (Å²) in [4.78, 5) is 10.3. The van der Waals surface area contributed by atoms with Gasteiger partial charge in [-0.15, -0.1) is 0 Å². The third kappa shape index (κ3) is 3.10. The van der Waals surface area contributed by atoms with Crippen LogP contribution in [-0.2, 0) is 10.0 Å². The lowest BCUT2D eigenvalue weighted by Crippen LogP contribution is -2.30. The molecule has 0 aliphatic carbocycles. The quantitative estimate of drug-likeness (QED) is 0.819. The van der Waals surface area contributed by atoms with Crippen molar-refractivity contribution in [3.63, 3.8) is 0 Å². The van der Waals surface area contributed by atoms with E-state index in [9.17, 15) is 17.6 Å². The molecule has 1 heterocycles. The third-order valence-electron chi connectivity index (χ3n) is 3.36. The average molecular weight is 382 g/mol. The summed E-state index contributed by atoms with van der Waals surface area (Å²) in [6.45, 7) is 0.114. The number of aliphatic hydroxyl groups is 1. The van der Waals surface area contributed by atoms with Crippen LogP contribution >= 0.6 is 15.9 Å². The van der Waals surface area contributed by atoms with Crippen LogP contribution in [0.3, 0.4) is 0 Å². The van der Waals surface area contributed by atoms with Crippen LogP contribution in [0.1, 0.15) is 16.8 Å². The first-order chi connectivity index (χ1) is 9.77. The minimum atomic E-state index is -4.14. The van der Waals surface area contributed by atoms with Gasteiger partial charge in [0, 0.05) is 24.2 Å². The first-order valence-corrected chi connectivity index (χ1v) is 8.34. The normalized spacial score (nSPS) is 19.9. The maximum atomic E-state index is 14.2. The van der Waals surface area contributed by atoms with E-state index in [0.29, 0.717) is 6.42 Å². The first kappa shape index (κ1) is 16.3. The van der Waals surface area contributed by atoms with Gasteiger partial charge in [-0.05, 0) is 24.5 Å². The van der Waals surface area contributed by atoms with Gasteiger partial charge >= 0.3 is 5.97 Å². The van der Waals surface area contributed by atoms with E-state index >= 15 is 0 Å². The summed E-state index contributed by atoms with van der Waals surface area (Å²) >= 11 is 2.99. The van der Waals surface area contributed by atoms with E-state index in [2.05, 4.69) is 15.9 Å². The van der Waals surface area contributed by atoms with E-state index in [-0.39, 0.29) is 30.1 Å². The SMILES string of the molecule is O=C(O)c1cc(Br)cc(S(=O)(=O)N2CCC(CO)C2)c1F. The highest BCUT2D eigenvalue weighted by molar-refractivity contribution is 9.10. The predicted molar refractivity (Wildman–Crippen MR) is 75.0 cm³/mol. The summed E-state index contributed by atoms with van der Waals surface area (Å²) in [5.41, 5.74) is -0.708. The number of benzene rings is 1. The van der Waals surface area contributed by atoms with Crippen LogP contribution < -0.4 is 0 Å². The van der Waals surface area contributed by atoms with E-state index < -0.39 is 32.3 Å². The van der Waals surface area contributed by atoms with Crippen LogP contribution in [0.15, 0.2) is 21.5 Å². The molecular formula is C12H13BrFNO5S. The smallest absolute Gasteiger partial charge is 0.338 e. The molecule has 1 aromatic rings. The zero-order valence-corrected chi connectivity index (χ0v) is 13.2. The Hall–Kier alpha value is -1.03. The van der Waals surface area contributed by atoms with Crippen LogP contribution in [0.4, 0.5) is 4.39 Å². The highest BCUT2D eigenvalue weighted by Crippen LogP contribution is 2.29. The van der Waals surface area contributed by atoms with E-state index in [1.54, 1.807) is 0 Å². The van der Waals surface area contributed by atoms with Crippen molar-refractivity contribution in [1.82, 2.24) is 4.31 Å². The van der Waals surface area contributed by atoms with Gasteiger partial charge < -0.3 is 10.2 Å². The maximum absolute atomic E-state index is 14.2. The average Bonchev–Trinajstić information content (AvgIpc) is 2.90. The van der Waals surface area contributed by atoms with Crippen molar-refractivity contribution in [1.29, 1.82) is 0 Å². The van der Waals surface area contributed by atoms with Gasteiger partial charge in [-0.1, -0.05) is 15.9 Å². The molecule has 1 unspecified atom stereocenters. The summed E-state index contributed by atoms with van der Waals surface area (Å²) in [6.07, 6.45) is 0.483. The Kier molecular flexibility index (Phi) is 4.66. The molecule has 1 aromatic carbocycles. The molecule has 6 nitrogen and oxygen atoms in total. The Morgan fingerprint density at radius 3 is 2.67 bits per heavy atom. The van der Waals surface area contributed by atoms with Gasteiger partial charge in [0.1, 0.15) is 4.90 Å². The van der Waals surface area contributed by atoms with Gasteiger partial charge in [-0.2, -0.15) is 4.31 Å². The molecule has 1 saturated heterocycles. The molecule has 1 aliphatic heterocycles. The minimum Gasteiger partial charge on any atom is -0.478 e. The number of carboxylic acids is 1. The van der Waals surface area contributed by atoms with E-state index in [1.807, 2.05) is 0 Å². The highest BCUT2D eigenvalue weighted by atomic mass is 79.9. The van der Waals surface area contributed by atoms with Crippen LogP contribution in [0.5, 0.6) is 0 Å². The van der Waals surface area contributed by atoms with Crippen LogP contribution in [0.25, 0.3) is 0 Å². The molecule has 0 spiro atoms. The Morgan fingerprint density at radius 1 is 1.48 bits per heavy atom. The van der Waals surface area contributed by atoms with Crippen molar-refractivity contribution >= 4 is 31.9 Å². The Morgan fingerprint density at radius 2 is 2.14 bits per heavy atom. The van der Waals surface area contributed by atoms with Crippen LogP contribution in [0.2, 0.25) is 0 Å². The van der Waals surface area contributed by atoms with Crippen molar-refractivity contribution in [3.05, 3.63) is 28.0 Å². The Bertz CT molecular complexity index is 678. The van der Waals surface area contributed by atoms with Gasteiger partial charge in [0.25, 0.3) is 0 Å². The number of aromatic carboxylic acids is 1. The first-order valence-electron chi connectivity index (χ1n) is 6.10.